The summed E-state index contributed by atoms with van der Waals surface area (Å²) < 4.78 is 0. The lowest BCUT2D eigenvalue weighted by atomic mass is 10.0. The number of para-hydroxylation sites is 2. The highest BCUT2D eigenvalue weighted by atomic mass is 16.6. The number of nitrogen functional groups attached to an aromatic ring is 2. The van der Waals surface area contributed by atoms with E-state index in [0.717, 1.165) is 0 Å². The van der Waals surface area contributed by atoms with Gasteiger partial charge in [0, 0.05) is 44.8 Å². The molecule has 0 saturated carbocycles. The van der Waals surface area contributed by atoms with Crippen molar-refractivity contribution in [3.05, 3.63) is 203 Å². The van der Waals surface area contributed by atoms with Crippen LogP contribution in [0.4, 0.5) is 16.2 Å². The molecule has 0 fully saturated rings. The number of ketones is 6. The molecule has 11 heteroatoms. The first-order valence-electron chi connectivity index (χ1n) is 16.0. The van der Waals surface area contributed by atoms with Crippen LogP contribution in [0, 0.1) is 0 Å². The van der Waals surface area contributed by atoms with Crippen molar-refractivity contribution in [2.24, 2.45) is 0 Å². The highest BCUT2D eigenvalue weighted by molar-refractivity contribution is 6.51. The van der Waals surface area contributed by atoms with Crippen LogP contribution in [0.2, 0.25) is 0 Å². The van der Waals surface area contributed by atoms with Gasteiger partial charge in [0.15, 0.2) is 0 Å². The molecule has 6 aromatic carbocycles. The summed E-state index contributed by atoms with van der Waals surface area (Å²) in [4.78, 5) is 79.8. The molecule has 0 aliphatic carbocycles. The van der Waals surface area contributed by atoms with Crippen LogP contribution < -0.4 is 11.5 Å². The molecule has 270 valence electrons. The Hall–Kier alpha value is -7.79. The second kappa shape index (κ2) is 20.8. The maximum absolute atomic E-state index is 11.9. The number of carbonyl (C=O) groups excluding carboxylic acids is 6. The summed E-state index contributed by atoms with van der Waals surface area (Å²) in [5.41, 5.74) is 14.1. The standard InChI is InChI=1S/2C14H11NO2.C14H10O2.CH2O3/c2*15-12-9-5-4-8-11(12)14(17)13(16)10-6-2-1-3-7-10;15-13(11-7-3-1-4-8-11)14(16)12-9-5-2-6-10-12;2-1(3)4/h2*1-9H,15H2;1-10H;(H2,2,3,4). The predicted octanol–water partition coefficient (Wildman–Crippen LogP) is 7.64. The SMILES string of the molecule is Nc1ccccc1C(=O)C(=O)c1ccccc1.Nc1ccccc1C(=O)C(=O)c1ccccc1.O=C(C(=O)c1ccccc1)c1ccccc1.O=C(O)O. The van der Waals surface area contributed by atoms with Gasteiger partial charge in [0.05, 0.1) is 0 Å². The lowest BCUT2D eigenvalue weighted by molar-refractivity contribution is 0.0817. The number of hydrogen-bond donors (Lipinski definition) is 4. The zero-order chi connectivity index (χ0) is 39.5. The number of Topliss-reactive ketones (excluding diaryl/α,β-unsaturated/α-hetero) is 6. The molecule has 0 atom stereocenters. The van der Waals surface area contributed by atoms with Crippen molar-refractivity contribution in [1.82, 2.24) is 0 Å². The molecule has 0 amide bonds. The molecule has 0 radical (unpaired) electrons. The number of hydrogen-bond acceptors (Lipinski definition) is 9. The van der Waals surface area contributed by atoms with Gasteiger partial charge < -0.3 is 21.7 Å². The Morgan fingerprint density at radius 2 is 0.481 bits per heavy atom. The number of rotatable bonds is 9. The van der Waals surface area contributed by atoms with Crippen LogP contribution in [0.5, 0.6) is 0 Å². The molecular formula is C43H34N2O9. The zero-order valence-corrected chi connectivity index (χ0v) is 28.6. The Labute approximate surface area is 310 Å². The Bertz CT molecular complexity index is 2070. The number of carboxylic acid groups (broad SMARTS) is 2. The Morgan fingerprint density at radius 3 is 0.704 bits per heavy atom. The van der Waals surface area contributed by atoms with Crippen LogP contribution >= 0.6 is 0 Å². The largest absolute Gasteiger partial charge is 0.503 e. The van der Waals surface area contributed by atoms with Crippen molar-refractivity contribution in [2.75, 3.05) is 11.5 Å². The van der Waals surface area contributed by atoms with Gasteiger partial charge in [-0.1, -0.05) is 146 Å². The van der Waals surface area contributed by atoms with Crippen molar-refractivity contribution in [3.63, 3.8) is 0 Å². The predicted molar refractivity (Wildman–Crippen MR) is 204 cm³/mol. The maximum atomic E-state index is 11.9. The van der Waals surface area contributed by atoms with E-state index < -0.39 is 40.9 Å². The average Bonchev–Trinajstić information content (AvgIpc) is 3.21. The third kappa shape index (κ3) is 12.2. The third-order valence-electron chi connectivity index (χ3n) is 7.17. The first-order valence-corrected chi connectivity index (χ1v) is 16.0. The lowest BCUT2D eigenvalue weighted by Crippen LogP contribution is -2.15. The highest BCUT2D eigenvalue weighted by Crippen LogP contribution is 2.16. The second-order valence-electron chi connectivity index (χ2n) is 10.9. The van der Waals surface area contributed by atoms with Crippen molar-refractivity contribution < 1.29 is 43.8 Å². The third-order valence-corrected chi connectivity index (χ3v) is 7.17. The second-order valence-corrected chi connectivity index (χ2v) is 10.9. The minimum absolute atomic E-state index is 0.251. The lowest BCUT2D eigenvalue weighted by Gasteiger charge is -2.03. The molecule has 0 aliphatic heterocycles. The molecule has 6 N–H and O–H groups in total. The molecule has 11 nitrogen and oxygen atoms in total. The molecule has 0 heterocycles. The summed E-state index contributed by atoms with van der Waals surface area (Å²) in [7, 11) is 0. The van der Waals surface area contributed by atoms with Crippen LogP contribution in [-0.4, -0.2) is 51.1 Å². The summed E-state index contributed by atoms with van der Waals surface area (Å²) in [6, 6.07) is 47.2. The fourth-order valence-corrected chi connectivity index (χ4v) is 4.53. The topological polar surface area (TPSA) is 212 Å². The molecule has 6 aromatic rings. The number of anilines is 2. The summed E-state index contributed by atoms with van der Waals surface area (Å²) in [5.74, 6) is -3.16. The summed E-state index contributed by atoms with van der Waals surface area (Å²) >= 11 is 0. The van der Waals surface area contributed by atoms with Gasteiger partial charge in [-0.3, -0.25) is 28.8 Å². The number of nitrogens with two attached hydrogens (primary N) is 2. The first kappa shape index (κ1) is 40.6. The highest BCUT2D eigenvalue weighted by Gasteiger charge is 2.21. The molecule has 0 aliphatic rings. The monoisotopic (exact) mass is 722 g/mol. The first-order chi connectivity index (χ1) is 25.9. The van der Waals surface area contributed by atoms with Gasteiger partial charge in [0.1, 0.15) is 0 Å². The summed E-state index contributed by atoms with van der Waals surface area (Å²) in [6.07, 6.45) is -1.83. The fraction of sp³-hybridized carbons (Fsp3) is 0. The van der Waals surface area contributed by atoms with Gasteiger partial charge in [0.25, 0.3) is 0 Å². The van der Waals surface area contributed by atoms with E-state index in [0.29, 0.717) is 33.6 Å². The molecular weight excluding hydrogens is 688 g/mol. The summed E-state index contributed by atoms with van der Waals surface area (Å²) in [6.45, 7) is 0. The molecule has 0 spiro atoms. The molecule has 0 unspecified atom stereocenters. The zero-order valence-electron chi connectivity index (χ0n) is 28.6. The molecule has 54 heavy (non-hydrogen) atoms. The van der Waals surface area contributed by atoms with Gasteiger partial charge in [-0.2, -0.15) is 0 Å². The van der Waals surface area contributed by atoms with Gasteiger partial charge >= 0.3 is 6.16 Å². The van der Waals surface area contributed by atoms with E-state index in [9.17, 15) is 28.8 Å². The Kier molecular flexibility index (Phi) is 15.6. The maximum Gasteiger partial charge on any atom is 0.503 e. The van der Waals surface area contributed by atoms with Crippen LogP contribution in [-0.2, 0) is 0 Å². The van der Waals surface area contributed by atoms with E-state index in [1.54, 1.807) is 158 Å². The average molecular weight is 723 g/mol. The van der Waals surface area contributed by atoms with E-state index in [-0.39, 0.29) is 11.1 Å². The van der Waals surface area contributed by atoms with E-state index in [2.05, 4.69) is 0 Å². The minimum Gasteiger partial charge on any atom is -0.450 e. The van der Waals surface area contributed by atoms with Gasteiger partial charge in [-0.05, 0) is 24.3 Å². The van der Waals surface area contributed by atoms with Gasteiger partial charge in [-0.25, -0.2) is 4.79 Å². The molecule has 0 aromatic heterocycles. The Morgan fingerprint density at radius 1 is 0.296 bits per heavy atom. The van der Waals surface area contributed by atoms with Gasteiger partial charge in [-0.15, -0.1) is 0 Å². The van der Waals surface area contributed by atoms with E-state index in [1.807, 2.05) is 12.1 Å². The summed E-state index contributed by atoms with van der Waals surface area (Å²) in [5, 5.41) is 13.9. The normalized spacial score (nSPS) is 9.56. The van der Waals surface area contributed by atoms with Crippen molar-refractivity contribution in [3.8, 4) is 0 Å². The quantitative estimate of drug-likeness (QED) is 0.0646. The van der Waals surface area contributed by atoms with Gasteiger partial charge in [0.2, 0.25) is 34.7 Å². The van der Waals surface area contributed by atoms with E-state index in [4.69, 9.17) is 26.5 Å². The molecule has 0 bridgehead atoms. The number of carbonyl (C=O) groups is 7. The van der Waals surface area contributed by atoms with Crippen molar-refractivity contribution >= 4 is 52.2 Å². The number of benzene rings is 6. The fourth-order valence-electron chi connectivity index (χ4n) is 4.53. The van der Waals surface area contributed by atoms with Crippen molar-refractivity contribution in [2.45, 2.75) is 0 Å². The van der Waals surface area contributed by atoms with Crippen molar-refractivity contribution in [1.29, 1.82) is 0 Å². The van der Waals surface area contributed by atoms with Crippen LogP contribution in [0.3, 0.4) is 0 Å². The minimum atomic E-state index is -1.83. The Balaban J connectivity index is 0.000000207. The van der Waals surface area contributed by atoms with Crippen LogP contribution in [0.25, 0.3) is 0 Å². The smallest absolute Gasteiger partial charge is 0.450 e. The van der Waals surface area contributed by atoms with E-state index in [1.165, 1.54) is 0 Å². The molecule has 0 saturated heterocycles. The van der Waals surface area contributed by atoms with E-state index >= 15 is 0 Å². The van der Waals surface area contributed by atoms with Crippen LogP contribution in [0.15, 0.2) is 170 Å². The van der Waals surface area contributed by atoms with Crippen LogP contribution in [0.1, 0.15) is 62.1 Å². The molecule has 6 rings (SSSR count).